The average Bonchev–Trinajstić information content (AvgIpc) is 2.44. The predicted molar refractivity (Wildman–Crippen MR) is 76.7 cm³/mol. The monoisotopic (exact) mass is 279 g/mol. The Bertz CT molecular complexity index is 370. The summed E-state index contributed by atoms with van der Waals surface area (Å²) in [6, 6.07) is 1.49. The van der Waals surface area contributed by atoms with Gasteiger partial charge in [-0.2, -0.15) is 5.26 Å². The fourth-order valence-electron chi connectivity index (χ4n) is 2.67. The molecule has 0 radical (unpaired) electrons. The van der Waals surface area contributed by atoms with Crippen molar-refractivity contribution in [2.45, 2.75) is 57.9 Å². The normalized spacial score (nSPS) is 17.1. The van der Waals surface area contributed by atoms with Crippen molar-refractivity contribution >= 4 is 11.8 Å². The van der Waals surface area contributed by atoms with Crippen molar-refractivity contribution in [2.24, 2.45) is 5.92 Å². The van der Waals surface area contributed by atoms with E-state index in [1.54, 1.807) is 14.0 Å². The van der Waals surface area contributed by atoms with Crippen LogP contribution < -0.4 is 5.32 Å². The Balaban J connectivity index is 2.32. The topological polar surface area (TPSA) is 73.2 Å². The van der Waals surface area contributed by atoms with E-state index >= 15 is 0 Å². The average molecular weight is 279 g/mol. The Morgan fingerprint density at radius 1 is 1.35 bits per heavy atom. The first-order valence-corrected chi connectivity index (χ1v) is 7.46. The van der Waals surface area contributed by atoms with E-state index in [1.807, 2.05) is 6.07 Å². The molecular weight excluding hydrogens is 254 g/mol. The maximum atomic E-state index is 12.0. The maximum absolute atomic E-state index is 12.0. The molecule has 1 rings (SSSR count). The highest BCUT2D eigenvalue weighted by atomic mass is 16.2. The van der Waals surface area contributed by atoms with E-state index in [0.29, 0.717) is 25.3 Å². The van der Waals surface area contributed by atoms with Gasteiger partial charge in [0.25, 0.3) is 0 Å². The van der Waals surface area contributed by atoms with Crippen molar-refractivity contribution in [1.82, 2.24) is 10.2 Å². The summed E-state index contributed by atoms with van der Waals surface area (Å²) >= 11 is 0. The van der Waals surface area contributed by atoms with Crippen LogP contribution in [-0.4, -0.2) is 36.3 Å². The lowest BCUT2D eigenvalue weighted by Crippen LogP contribution is -2.46. The van der Waals surface area contributed by atoms with Gasteiger partial charge in [0.1, 0.15) is 6.04 Å². The molecule has 1 saturated carbocycles. The molecule has 1 atom stereocenters. The van der Waals surface area contributed by atoms with E-state index in [-0.39, 0.29) is 11.8 Å². The molecule has 1 aliphatic carbocycles. The summed E-state index contributed by atoms with van der Waals surface area (Å²) in [5, 5.41) is 11.3. The molecule has 0 aromatic heterocycles. The third-order valence-electron chi connectivity index (χ3n) is 3.88. The van der Waals surface area contributed by atoms with Gasteiger partial charge in [0.05, 0.1) is 12.5 Å². The molecule has 20 heavy (non-hydrogen) atoms. The summed E-state index contributed by atoms with van der Waals surface area (Å²) < 4.78 is 0. The number of carbonyl (C=O) groups is 2. The summed E-state index contributed by atoms with van der Waals surface area (Å²) in [5.41, 5.74) is 0. The molecule has 0 aromatic carbocycles. The molecule has 0 heterocycles. The van der Waals surface area contributed by atoms with Gasteiger partial charge in [0, 0.05) is 20.0 Å². The summed E-state index contributed by atoms with van der Waals surface area (Å²) in [6.45, 7) is 2.10. The lowest BCUT2D eigenvalue weighted by Gasteiger charge is -2.24. The van der Waals surface area contributed by atoms with Crippen LogP contribution in [-0.2, 0) is 9.59 Å². The van der Waals surface area contributed by atoms with Crippen LogP contribution in [0.25, 0.3) is 0 Å². The van der Waals surface area contributed by atoms with Crippen LogP contribution in [0.3, 0.4) is 0 Å². The number of hydrogen-bond donors (Lipinski definition) is 1. The number of likely N-dealkylation sites (N-methyl/N-ethyl adjacent to an activating group) is 1. The number of rotatable bonds is 6. The zero-order chi connectivity index (χ0) is 15.0. The van der Waals surface area contributed by atoms with Crippen molar-refractivity contribution in [1.29, 1.82) is 5.26 Å². The van der Waals surface area contributed by atoms with Crippen molar-refractivity contribution < 1.29 is 9.59 Å². The van der Waals surface area contributed by atoms with Crippen molar-refractivity contribution in [3.8, 4) is 6.07 Å². The third kappa shape index (κ3) is 5.60. The molecule has 0 unspecified atom stereocenters. The number of nitrogens with one attached hydrogen (secondary N) is 1. The predicted octanol–water partition coefficient (Wildman–Crippen LogP) is 1.83. The van der Waals surface area contributed by atoms with Crippen molar-refractivity contribution in [3.63, 3.8) is 0 Å². The molecule has 0 aromatic rings. The number of carbonyl (C=O) groups excluding carboxylic acids is 2. The first-order valence-electron chi connectivity index (χ1n) is 7.46. The van der Waals surface area contributed by atoms with Crippen LogP contribution >= 0.6 is 0 Å². The minimum Gasteiger partial charge on any atom is -0.345 e. The summed E-state index contributed by atoms with van der Waals surface area (Å²) in [5.74, 6) is 0.297. The Morgan fingerprint density at radius 2 is 2.00 bits per heavy atom. The van der Waals surface area contributed by atoms with Gasteiger partial charge in [0.15, 0.2) is 0 Å². The molecular formula is C15H25N3O2. The largest absolute Gasteiger partial charge is 0.345 e. The van der Waals surface area contributed by atoms with Crippen LogP contribution in [0, 0.1) is 17.2 Å². The molecule has 0 bridgehead atoms. The summed E-state index contributed by atoms with van der Waals surface area (Å²) in [4.78, 5) is 25.4. The molecule has 0 aliphatic heterocycles. The lowest BCUT2D eigenvalue weighted by molar-refractivity contribution is -0.135. The SMILES string of the molecule is C[C@@H](NC(=O)CC1CCCCC1)C(=O)N(C)CCC#N. The van der Waals surface area contributed by atoms with Gasteiger partial charge in [-0.3, -0.25) is 9.59 Å². The number of nitrogens with zero attached hydrogens (tertiary/aromatic N) is 2. The Labute approximate surface area is 121 Å². The van der Waals surface area contributed by atoms with Crippen molar-refractivity contribution in [3.05, 3.63) is 0 Å². The van der Waals surface area contributed by atoms with E-state index in [4.69, 9.17) is 5.26 Å². The first kappa shape index (κ1) is 16.5. The minimum absolute atomic E-state index is 0.0357. The van der Waals surface area contributed by atoms with Crippen LogP contribution in [0.5, 0.6) is 0 Å². The van der Waals surface area contributed by atoms with Gasteiger partial charge < -0.3 is 10.2 Å². The quantitative estimate of drug-likeness (QED) is 0.806. The smallest absolute Gasteiger partial charge is 0.244 e. The Hall–Kier alpha value is -1.57. The van der Waals surface area contributed by atoms with E-state index in [2.05, 4.69) is 5.32 Å². The fraction of sp³-hybridized carbons (Fsp3) is 0.800. The van der Waals surface area contributed by atoms with E-state index in [1.165, 1.54) is 24.2 Å². The summed E-state index contributed by atoms with van der Waals surface area (Å²) in [7, 11) is 1.66. The lowest BCUT2D eigenvalue weighted by atomic mass is 9.87. The third-order valence-corrected chi connectivity index (χ3v) is 3.88. The van der Waals surface area contributed by atoms with Gasteiger partial charge in [-0.25, -0.2) is 0 Å². The Morgan fingerprint density at radius 3 is 2.60 bits per heavy atom. The van der Waals surface area contributed by atoms with Crippen LogP contribution in [0.2, 0.25) is 0 Å². The highest BCUT2D eigenvalue weighted by molar-refractivity contribution is 5.87. The first-order chi connectivity index (χ1) is 9.54. The van der Waals surface area contributed by atoms with Crippen LogP contribution in [0.1, 0.15) is 51.9 Å². The highest BCUT2D eigenvalue weighted by Gasteiger charge is 2.22. The van der Waals surface area contributed by atoms with Crippen LogP contribution in [0.4, 0.5) is 0 Å². The fourth-order valence-corrected chi connectivity index (χ4v) is 2.67. The van der Waals surface area contributed by atoms with Crippen LogP contribution in [0.15, 0.2) is 0 Å². The second-order valence-corrected chi connectivity index (χ2v) is 5.67. The molecule has 5 nitrogen and oxygen atoms in total. The molecule has 5 heteroatoms. The maximum Gasteiger partial charge on any atom is 0.244 e. The molecule has 0 saturated heterocycles. The van der Waals surface area contributed by atoms with Crippen molar-refractivity contribution in [2.75, 3.05) is 13.6 Å². The van der Waals surface area contributed by atoms with Gasteiger partial charge in [-0.15, -0.1) is 0 Å². The minimum atomic E-state index is -0.519. The van der Waals surface area contributed by atoms with Gasteiger partial charge in [0.2, 0.25) is 11.8 Å². The molecule has 1 fully saturated rings. The van der Waals surface area contributed by atoms with Gasteiger partial charge in [-0.1, -0.05) is 19.3 Å². The zero-order valence-electron chi connectivity index (χ0n) is 12.5. The number of nitriles is 1. The number of hydrogen-bond acceptors (Lipinski definition) is 3. The molecule has 2 amide bonds. The molecule has 1 N–H and O–H groups in total. The molecule has 1 aliphatic rings. The molecule has 112 valence electrons. The second kappa shape index (κ2) is 8.57. The van der Waals surface area contributed by atoms with E-state index in [0.717, 1.165) is 12.8 Å². The Kier molecular flexibility index (Phi) is 7.06. The van der Waals surface area contributed by atoms with Gasteiger partial charge >= 0.3 is 0 Å². The van der Waals surface area contributed by atoms with E-state index in [9.17, 15) is 9.59 Å². The van der Waals surface area contributed by atoms with E-state index < -0.39 is 6.04 Å². The second-order valence-electron chi connectivity index (χ2n) is 5.67. The standard InChI is InChI=1S/C15H25N3O2/c1-12(15(20)18(2)10-6-9-16)17-14(19)11-13-7-4-3-5-8-13/h12-13H,3-8,10-11H2,1-2H3,(H,17,19)/t12-/m1/s1. The highest BCUT2D eigenvalue weighted by Crippen LogP contribution is 2.26. The summed E-state index contributed by atoms with van der Waals surface area (Å²) in [6.07, 6.45) is 6.78. The zero-order valence-corrected chi connectivity index (χ0v) is 12.5. The van der Waals surface area contributed by atoms with Gasteiger partial charge in [-0.05, 0) is 25.7 Å². The number of amides is 2. The molecule has 0 spiro atoms.